The maximum Gasteiger partial charge on any atom is 0.223 e. The van der Waals surface area contributed by atoms with E-state index in [1.165, 1.54) is 5.56 Å². The van der Waals surface area contributed by atoms with Crippen LogP contribution in [0.1, 0.15) is 39.2 Å². The van der Waals surface area contributed by atoms with E-state index in [0.29, 0.717) is 12.6 Å². The molecular weight excluding hydrogens is 364 g/mol. The van der Waals surface area contributed by atoms with E-state index in [0.717, 1.165) is 23.9 Å². The van der Waals surface area contributed by atoms with Gasteiger partial charge in [-0.1, -0.05) is 48.0 Å². The largest absolute Gasteiger partial charge is 0.355 e. The normalized spacial score (nSPS) is 21.8. The molecule has 1 aromatic carbocycles. The van der Waals surface area contributed by atoms with Gasteiger partial charge in [0.2, 0.25) is 5.91 Å². The fraction of sp³-hybridized carbons (Fsp3) is 0.588. The molecule has 1 aliphatic rings. The van der Waals surface area contributed by atoms with Crippen LogP contribution in [0.5, 0.6) is 0 Å². The van der Waals surface area contributed by atoms with E-state index in [4.69, 9.17) is 0 Å². The van der Waals surface area contributed by atoms with Crippen LogP contribution in [0.15, 0.2) is 28.7 Å². The van der Waals surface area contributed by atoms with Gasteiger partial charge in [-0.25, -0.2) is 0 Å². The molecule has 0 aliphatic carbocycles. The number of amides is 1. The molecule has 1 saturated heterocycles. The number of hydrogen-bond acceptors (Lipinski definition) is 2. The van der Waals surface area contributed by atoms with Crippen molar-refractivity contribution in [3.05, 3.63) is 34.3 Å². The number of nitrogens with one attached hydrogen (secondary N) is 2. The average Bonchev–Trinajstić information content (AvgIpc) is 2.45. The highest BCUT2D eigenvalue weighted by atomic mass is 79.9. The first-order valence-electron chi connectivity index (χ1n) is 7.66. The summed E-state index contributed by atoms with van der Waals surface area (Å²) in [7, 11) is 0. The molecule has 0 spiro atoms. The van der Waals surface area contributed by atoms with Crippen molar-refractivity contribution in [2.75, 3.05) is 13.1 Å². The van der Waals surface area contributed by atoms with Crippen LogP contribution in [-0.2, 0) is 10.2 Å². The van der Waals surface area contributed by atoms with E-state index in [1.807, 2.05) is 18.2 Å². The second-order valence-corrected chi connectivity index (χ2v) is 7.51. The van der Waals surface area contributed by atoms with Gasteiger partial charge in [-0.2, -0.15) is 0 Å². The van der Waals surface area contributed by atoms with Crippen LogP contribution >= 0.6 is 28.3 Å². The summed E-state index contributed by atoms with van der Waals surface area (Å²) >= 11 is 3.60. The minimum atomic E-state index is -0.0890. The van der Waals surface area contributed by atoms with Gasteiger partial charge in [-0.3, -0.25) is 4.79 Å². The van der Waals surface area contributed by atoms with E-state index in [1.54, 1.807) is 0 Å². The van der Waals surface area contributed by atoms with Gasteiger partial charge in [-0.15, -0.1) is 12.4 Å². The predicted octanol–water partition coefficient (Wildman–Crippen LogP) is 3.65. The Bertz CT molecular complexity index is 507. The molecule has 0 bridgehead atoms. The first-order chi connectivity index (χ1) is 9.90. The van der Waals surface area contributed by atoms with Crippen LogP contribution in [0, 0.1) is 5.92 Å². The molecule has 22 heavy (non-hydrogen) atoms. The molecule has 0 unspecified atom stereocenters. The maximum atomic E-state index is 12.4. The minimum absolute atomic E-state index is 0. The van der Waals surface area contributed by atoms with E-state index >= 15 is 0 Å². The van der Waals surface area contributed by atoms with Gasteiger partial charge in [0.15, 0.2) is 0 Å². The summed E-state index contributed by atoms with van der Waals surface area (Å²) in [5.74, 6) is 0.347. The lowest BCUT2D eigenvalue weighted by Gasteiger charge is -2.30. The third-order valence-electron chi connectivity index (χ3n) is 4.30. The van der Waals surface area contributed by atoms with Crippen LogP contribution in [0.3, 0.4) is 0 Å². The molecule has 1 heterocycles. The van der Waals surface area contributed by atoms with Gasteiger partial charge in [0.05, 0.1) is 0 Å². The highest BCUT2D eigenvalue weighted by Gasteiger charge is 2.28. The van der Waals surface area contributed by atoms with Crippen molar-refractivity contribution in [1.29, 1.82) is 0 Å². The zero-order chi connectivity index (χ0) is 15.5. The molecule has 0 aromatic heterocycles. The fourth-order valence-electron chi connectivity index (χ4n) is 2.93. The number of carbonyl (C=O) groups excluding carboxylic acids is 1. The Kier molecular flexibility index (Phi) is 7.36. The van der Waals surface area contributed by atoms with Crippen molar-refractivity contribution in [3.63, 3.8) is 0 Å². The van der Waals surface area contributed by atoms with Crippen molar-refractivity contribution in [2.45, 2.75) is 45.1 Å². The second-order valence-electron chi connectivity index (χ2n) is 6.66. The third-order valence-corrected chi connectivity index (χ3v) is 4.99. The van der Waals surface area contributed by atoms with Crippen molar-refractivity contribution in [3.8, 4) is 0 Å². The zero-order valence-corrected chi connectivity index (χ0v) is 15.9. The minimum Gasteiger partial charge on any atom is -0.355 e. The van der Waals surface area contributed by atoms with Gasteiger partial charge in [0, 0.05) is 28.4 Å². The summed E-state index contributed by atoms with van der Waals surface area (Å²) in [5.41, 5.74) is 1.14. The van der Waals surface area contributed by atoms with E-state index in [9.17, 15) is 4.79 Å². The predicted molar refractivity (Wildman–Crippen MR) is 97.6 cm³/mol. The standard InChI is InChI=1S/C17H25BrN2O.ClH/c1-12-10-13(8-9-19-12)16(21)20-11-17(2,3)14-6-4-5-7-15(14)18;/h4-7,12-13,19H,8-11H2,1-3H3,(H,20,21);1H/t12-,13-;/m0./s1. The van der Waals surface area contributed by atoms with Gasteiger partial charge in [-0.05, 0) is 37.9 Å². The number of rotatable bonds is 4. The Labute approximate surface area is 148 Å². The number of halogens is 2. The monoisotopic (exact) mass is 388 g/mol. The number of benzene rings is 1. The second kappa shape index (κ2) is 8.32. The molecule has 124 valence electrons. The Morgan fingerprint density at radius 1 is 1.41 bits per heavy atom. The molecule has 1 aliphatic heterocycles. The van der Waals surface area contributed by atoms with Crippen LogP contribution in [-0.4, -0.2) is 25.0 Å². The highest BCUT2D eigenvalue weighted by Crippen LogP contribution is 2.29. The number of hydrogen-bond donors (Lipinski definition) is 2. The average molecular weight is 390 g/mol. The molecule has 0 saturated carbocycles. The van der Waals surface area contributed by atoms with E-state index in [2.05, 4.69) is 53.4 Å². The van der Waals surface area contributed by atoms with Crippen molar-refractivity contribution in [2.24, 2.45) is 5.92 Å². The van der Waals surface area contributed by atoms with E-state index < -0.39 is 0 Å². The van der Waals surface area contributed by atoms with Crippen molar-refractivity contribution in [1.82, 2.24) is 10.6 Å². The summed E-state index contributed by atoms with van der Waals surface area (Å²) in [6.45, 7) is 8.07. The molecule has 5 heteroatoms. The highest BCUT2D eigenvalue weighted by molar-refractivity contribution is 9.10. The summed E-state index contributed by atoms with van der Waals surface area (Å²) in [6.07, 6.45) is 1.87. The molecule has 2 atom stereocenters. The molecule has 2 N–H and O–H groups in total. The van der Waals surface area contributed by atoms with Gasteiger partial charge < -0.3 is 10.6 Å². The number of carbonyl (C=O) groups is 1. The molecular formula is C17H26BrClN2O. The molecule has 2 rings (SSSR count). The lowest BCUT2D eigenvalue weighted by atomic mass is 9.84. The Morgan fingerprint density at radius 2 is 2.09 bits per heavy atom. The van der Waals surface area contributed by atoms with Gasteiger partial charge in [0.1, 0.15) is 0 Å². The van der Waals surface area contributed by atoms with Crippen molar-refractivity contribution < 1.29 is 4.79 Å². The van der Waals surface area contributed by atoms with E-state index in [-0.39, 0.29) is 29.6 Å². The Balaban J connectivity index is 0.00000242. The van der Waals surface area contributed by atoms with Crippen LogP contribution in [0.4, 0.5) is 0 Å². The van der Waals surface area contributed by atoms with Crippen LogP contribution in [0.25, 0.3) is 0 Å². The zero-order valence-electron chi connectivity index (χ0n) is 13.5. The first-order valence-corrected chi connectivity index (χ1v) is 8.45. The summed E-state index contributed by atoms with van der Waals surface area (Å²) < 4.78 is 1.10. The molecule has 3 nitrogen and oxygen atoms in total. The SMILES string of the molecule is C[C@H]1C[C@@H](C(=O)NCC(C)(C)c2ccccc2Br)CCN1.Cl. The Hall–Kier alpha value is -0.580. The van der Waals surface area contributed by atoms with Crippen molar-refractivity contribution >= 4 is 34.2 Å². The van der Waals surface area contributed by atoms with Gasteiger partial charge in [0.25, 0.3) is 0 Å². The lowest BCUT2D eigenvalue weighted by Crippen LogP contribution is -2.45. The van der Waals surface area contributed by atoms with Crippen LogP contribution in [0.2, 0.25) is 0 Å². The molecule has 0 radical (unpaired) electrons. The lowest BCUT2D eigenvalue weighted by molar-refractivity contribution is -0.126. The van der Waals surface area contributed by atoms with Crippen LogP contribution < -0.4 is 10.6 Å². The quantitative estimate of drug-likeness (QED) is 0.825. The summed E-state index contributed by atoms with van der Waals surface area (Å²) in [6, 6.07) is 8.65. The molecule has 1 fully saturated rings. The third kappa shape index (κ3) is 4.97. The maximum absolute atomic E-state index is 12.4. The topological polar surface area (TPSA) is 41.1 Å². The summed E-state index contributed by atoms with van der Waals surface area (Å²) in [4.78, 5) is 12.4. The fourth-order valence-corrected chi connectivity index (χ4v) is 3.75. The first kappa shape index (κ1) is 19.5. The van der Waals surface area contributed by atoms with Gasteiger partial charge >= 0.3 is 0 Å². The smallest absolute Gasteiger partial charge is 0.223 e. The number of piperidine rings is 1. The Morgan fingerprint density at radius 3 is 2.73 bits per heavy atom. The summed E-state index contributed by atoms with van der Waals surface area (Å²) in [5, 5.41) is 6.54. The molecule has 1 amide bonds. The molecule has 1 aromatic rings.